The maximum absolute atomic E-state index is 9.20. The standard InChI is InChI=1S/C17H20ClNOS/c18-15-5-2-1-4-14(15)16(6-3-10-20)19-9-7-17-13(12-19)8-11-21-17/h1-2,4-5,8,11,16,20H,3,6-7,9-10,12H2/t16-/m0/s1. The van der Waals surface area contributed by atoms with E-state index in [-0.39, 0.29) is 6.61 Å². The molecule has 0 saturated heterocycles. The van der Waals surface area contributed by atoms with Crippen LogP contribution in [0.3, 0.4) is 0 Å². The van der Waals surface area contributed by atoms with Crippen molar-refractivity contribution in [2.24, 2.45) is 0 Å². The molecule has 2 aromatic rings. The van der Waals surface area contributed by atoms with Crippen molar-refractivity contribution in [3.8, 4) is 0 Å². The predicted octanol–water partition coefficient (Wildman–Crippen LogP) is 4.27. The lowest BCUT2D eigenvalue weighted by Crippen LogP contribution is -2.33. The van der Waals surface area contributed by atoms with E-state index >= 15 is 0 Å². The van der Waals surface area contributed by atoms with Crippen molar-refractivity contribution in [3.05, 3.63) is 56.7 Å². The molecule has 0 radical (unpaired) electrons. The fraction of sp³-hybridized carbons (Fsp3) is 0.412. The van der Waals surface area contributed by atoms with Crippen LogP contribution in [0.4, 0.5) is 0 Å². The average Bonchev–Trinajstić information content (AvgIpc) is 2.97. The molecule has 2 heterocycles. The summed E-state index contributed by atoms with van der Waals surface area (Å²) in [6.45, 7) is 2.29. The molecule has 0 bridgehead atoms. The highest BCUT2D eigenvalue weighted by Crippen LogP contribution is 2.35. The van der Waals surface area contributed by atoms with Crippen LogP contribution in [0.25, 0.3) is 0 Å². The Labute approximate surface area is 135 Å². The van der Waals surface area contributed by atoms with E-state index in [9.17, 15) is 5.11 Å². The minimum Gasteiger partial charge on any atom is -0.396 e. The van der Waals surface area contributed by atoms with Crippen LogP contribution in [0.1, 0.15) is 34.9 Å². The van der Waals surface area contributed by atoms with Gasteiger partial charge in [-0.15, -0.1) is 11.3 Å². The van der Waals surface area contributed by atoms with E-state index in [2.05, 4.69) is 22.4 Å². The van der Waals surface area contributed by atoms with Gasteiger partial charge >= 0.3 is 0 Å². The van der Waals surface area contributed by atoms with Gasteiger partial charge in [0.05, 0.1) is 0 Å². The summed E-state index contributed by atoms with van der Waals surface area (Å²) in [6, 6.07) is 10.6. The molecule has 1 aliphatic rings. The summed E-state index contributed by atoms with van der Waals surface area (Å²) < 4.78 is 0. The molecule has 0 fully saturated rings. The zero-order valence-electron chi connectivity index (χ0n) is 12.0. The first kappa shape index (κ1) is 15.0. The number of rotatable bonds is 5. The van der Waals surface area contributed by atoms with Gasteiger partial charge in [0.2, 0.25) is 0 Å². The lowest BCUT2D eigenvalue weighted by molar-refractivity contribution is 0.159. The quantitative estimate of drug-likeness (QED) is 0.888. The fourth-order valence-electron chi connectivity index (χ4n) is 3.10. The molecule has 0 unspecified atom stereocenters. The topological polar surface area (TPSA) is 23.5 Å². The molecule has 3 rings (SSSR count). The Kier molecular flexibility index (Phi) is 4.96. The number of fused-ring (bicyclic) bond motifs is 1. The van der Waals surface area contributed by atoms with Crippen LogP contribution in [-0.4, -0.2) is 23.2 Å². The SMILES string of the molecule is OCCC[C@@H](c1ccccc1Cl)N1CCc2sccc2C1. The number of nitrogens with zero attached hydrogens (tertiary/aromatic N) is 1. The fourth-order valence-corrected chi connectivity index (χ4v) is 4.25. The van der Waals surface area contributed by atoms with Crippen LogP contribution >= 0.6 is 22.9 Å². The number of aliphatic hydroxyl groups is 1. The Morgan fingerprint density at radius 1 is 1.29 bits per heavy atom. The first-order valence-corrected chi connectivity index (χ1v) is 8.70. The Balaban J connectivity index is 1.85. The Morgan fingerprint density at radius 2 is 2.14 bits per heavy atom. The van der Waals surface area contributed by atoms with Gasteiger partial charge in [-0.1, -0.05) is 29.8 Å². The summed E-state index contributed by atoms with van der Waals surface area (Å²) in [5.41, 5.74) is 2.64. The first-order valence-electron chi connectivity index (χ1n) is 7.44. The number of hydrogen-bond donors (Lipinski definition) is 1. The molecule has 1 atom stereocenters. The molecule has 0 saturated carbocycles. The largest absolute Gasteiger partial charge is 0.396 e. The molecular weight excluding hydrogens is 302 g/mol. The highest BCUT2D eigenvalue weighted by Gasteiger charge is 2.26. The monoisotopic (exact) mass is 321 g/mol. The van der Waals surface area contributed by atoms with Gasteiger partial charge in [-0.3, -0.25) is 4.90 Å². The van der Waals surface area contributed by atoms with E-state index in [1.54, 1.807) is 0 Å². The van der Waals surface area contributed by atoms with E-state index < -0.39 is 0 Å². The number of hydrogen-bond acceptors (Lipinski definition) is 3. The van der Waals surface area contributed by atoms with Crippen LogP contribution in [-0.2, 0) is 13.0 Å². The van der Waals surface area contributed by atoms with E-state index in [4.69, 9.17) is 11.6 Å². The second kappa shape index (κ2) is 6.93. The molecule has 2 nitrogen and oxygen atoms in total. The molecule has 1 aromatic heterocycles. The smallest absolute Gasteiger partial charge is 0.0453 e. The second-order valence-electron chi connectivity index (χ2n) is 5.49. The lowest BCUT2D eigenvalue weighted by atomic mass is 9.97. The Morgan fingerprint density at radius 3 is 2.95 bits per heavy atom. The zero-order valence-corrected chi connectivity index (χ0v) is 13.5. The minimum atomic E-state index is 0.235. The van der Waals surface area contributed by atoms with Crippen LogP contribution in [0.2, 0.25) is 5.02 Å². The summed E-state index contributed by atoms with van der Waals surface area (Å²) in [6.07, 6.45) is 2.87. The van der Waals surface area contributed by atoms with E-state index in [1.807, 2.05) is 29.5 Å². The molecule has 1 aliphatic heterocycles. The summed E-state index contributed by atoms with van der Waals surface area (Å²) in [5.74, 6) is 0. The molecule has 112 valence electrons. The molecule has 0 aliphatic carbocycles. The van der Waals surface area contributed by atoms with Gasteiger partial charge in [0.15, 0.2) is 0 Å². The highest BCUT2D eigenvalue weighted by atomic mass is 35.5. The van der Waals surface area contributed by atoms with E-state index in [0.717, 1.165) is 37.4 Å². The number of thiophene rings is 1. The van der Waals surface area contributed by atoms with Crippen LogP contribution in [0.15, 0.2) is 35.7 Å². The normalized spacial score (nSPS) is 16.7. The molecular formula is C17H20ClNOS. The van der Waals surface area contributed by atoms with Gasteiger partial charge in [-0.2, -0.15) is 0 Å². The van der Waals surface area contributed by atoms with Gasteiger partial charge in [0.1, 0.15) is 0 Å². The molecule has 0 spiro atoms. The molecule has 0 amide bonds. The minimum absolute atomic E-state index is 0.235. The van der Waals surface area contributed by atoms with Crippen molar-refractivity contribution in [2.75, 3.05) is 13.2 Å². The van der Waals surface area contributed by atoms with Gasteiger partial charge in [0.25, 0.3) is 0 Å². The number of aliphatic hydroxyl groups excluding tert-OH is 1. The molecule has 21 heavy (non-hydrogen) atoms. The highest BCUT2D eigenvalue weighted by molar-refractivity contribution is 7.10. The zero-order chi connectivity index (χ0) is 14.7. The third-order valence-electron chi connectivity index (χ3n) is 4.18. The van der Waals surface area contributed by atoms with Crippen molar-refractivity contribution in [1.29, 1.82) is 0 Å². The van der Waals surface area contributed by atoms with Crippen molar-refractivity contribution in [2.45, 2.75) is 31.8 Å². The Bertz CT molecular complexity index is 598. The second-order valence-corrected chi connectivity index (χ2v) is 6.90. The van der Waals surface area contributed by atoms with Gasteiger partial charge in [-0.25, -0.2) is 0 Å². The van der Waals surface area contributed by atoms with Crippen LogP contribution < -0.4 is 0 Å². The molecule has 1 N–H and O–H groups in total. The van der Waals surface area contributed by atoms with E-state index in [1.165, 1.54) is 16.0 Å². The lowest BCUT2D eigenvalue weighted by Gasteiger charge is -2.35. The van der Waals surface area contributed by atoms with Gasteiger partial charge < -0.3 is 5.11 Å². The summed E-state index contributed by atoms with van der Waals surface area (Å²) >= 11 is 8.27. The summed E-state index contributed by atoms with van der Waals surface area (Å²) in [5, 5.41) is 12.2. The molecule has 4 heteroatoms. The maximum Gasteiger partial charge on any atom is 0.0453 e. The van der Waals surface area contributed by atoms with Crippen molar-refractivity contribution in [1.82, 2.24) is 4.90 Å². The third kappa shape index (κ3) is 3.32. The van der Waals surface area contributed by atoms with Gasteiger partial charge in [0, 0.05) is 35.6 Å². The molecule has 1 aromatic carbocycles. The Hall–Kier alpha value is -0.870. The number of benzene rings is 1. The van der Waals surface area contributed by atoms with E-state index in [0.29, 0.717) is 6.04 Å². The predicted molar refractivity (Wildman–Crippen MR) is 88.9 cm³/mol. The van der Waals surface area contributed by atoms with Crippen molar-refractivity contribution < 1.29 is 5.11 Å². The first-order chi connectivity index (χ1) is 10.3. The summed E-state index contributed by atoms with van der Waals surface area (Å²) in [7, 11) is 0. The van der Waals surface area contributed by atoms with Crippen molar-refractivity contribution in [3.63, 3.8) is 0 Å². The summed E-state index contributed by atoms with van der Waals surface area (Å²) in [4.78, 5) is 4.03. The maximum atomic E-state index is 9.20. The van der Waals surface area contributed by atoms with Crippen LogP contribution in [0, 0.1) is 0 Å². The van der Waals surface area contributed by atoms with Crippen molar-refractivity contribution >= 4 is 22.9 Å². The number of halogens is 1. The third-order valence-corrected chi connectivity index (χ3v) is 5.55. The average molecular weight is 322 g/mol. The van der Waals surface area contributed by atoms with Crippen LogP contribution in [0.5, 0.6) is 0 Å². The van der Waals surface area contributed by atoms with Gasteiger partial charge in [-0.05, 0) is 47.9 Å².